The fourth-order valence-corrected chi connectivity index (χ4v) is 2.53. The third-order valence-corrected chi connectivity index (χ3v) is 3.73. The van der Waals surface area contributed by atoms with Crippen LogP contribution in [0.3, 0.4) is 0 Å². The van der Waals surface area contributed by atoms with Gasteiger partial charge in [0.05, 0.1) is 11.7 Å². The van der Waals surface area contributed by atoms with Crippen molar-refractivity contribution in [3.63, 3.8) is 0 Å². The zero-order valence-corrected chi connectivity index (χ0v) is 11.8. The van der Waals surface area contributed by atoms with Crippen molar-refractivity contribution >= 4 is 5.91 Å². The highest BCUT2D eigenvalue weighted by Gasteiger charge is 2.31. The molecule has 5 nitrogen and oxygen atoms in total. The highest BCUT2D eigenvalue weighted by Crippen LogP contribution is 2.28. The van der Waals surface area contributed by atoms with Gasteiger partial charge in [-0.25, -0.2) is 0 Å². The summed E-state index contributed by atoms with van der Waals surface area (Å²) in [4.78, 5) is 23.3. The first-order valence-electron chi connectivity index (χ1n) is 6.98. The van der Waals surface area contributed by atoms with E-state index in [1.54, 1.807) is 0 Å². The molecule has 0 aromatic carbocycles. The number of amides is 1. The molecular formula is C14H17F3N2O3. The van der Waals surface area contributed by atoms with Gasteiger partial charge in [0.15, 0.2) is 0 Å². The smallest absolute Gasteiger partial charge is 0.393 e. The quantitative estimate of drug-likeness (QED) is 0.875. The van der Waals surface area contributed by atoms with Crippen molar-refractivity contribution < 1.29 is 23.1 Å². The maximum absolute atomic E-state index is 12.6. The summed E-state index contributed by atoms with van der Waals surface area (Å²) in [6, 6.07) is 1.49. The summed E-state index contributed by atoms with van der Waals surface area (Å²) < 4.78 is 38.5. The molecule has 1 saturated carbocycles. The maximum Gasteiger partial charge on any atom is 0.417 e. The van der Waals surface area contributed by atoms with E-state index in [0.717, 1.165) is 17.1 Å². The van der Waals surface area contributed by atoms with Crippen LogP contribution >= 0.6 is 0 Å². The molecule has 1 aromatic rings. The van der Waals surface area contributed by atoms with Gasteiger partial charge >= 0.3 is 6.18 Å². The predicted octanol–water partition coefficient (Wildman–Crippen LogP) is 1.14. The van der Waals surface area contributed by atoms with E-state index in [0.29, 0.717) is 31.6 Å². The first-order valence-corrected chi connectivity index (χ1v) is 6.98. The van der Waals surface area contributed by atoms with E-state index in [1.165, 1.54) is 0 Å². The number of rotatable bonds is 4. The molecule has 2 N–H and O–H groups in total. The molecule has 8 heteroatoms. The predicted molar refractivity (Wildman–Crippen MR) is 72.1 cm³/mol. The minimum absolute atomic E-state index is 0.164. The van der Waals surface area contributed by atoms with Gasteiger partial charge in [-0.15, -0.1) is 0 Å². The van der Waals surface area contributed by atoms with Crippen LogP contribution in [0.15, 0.2) is 23.1 Å². The van der Waals surface area contributed by atoms with Gasteiger partial charge < -0.3 is 15.0 Å². The standard InChI is InChI=1S/C14H17F3N2O3/c15-14(16,17)10-2-4-13(22)19(7-10)8-12(21)18-6-9-1-3-11(20)5-9/h2,4,7,9,11,20H,1,3,5-6,8H2,(H,18,21)/t9-,11+/m0/s1. The fraction of sp³-hybridized carbons (Fsp3) is 0.571. The van der Waals surface area contributed by atoms with Gasteiger partial charge in [-0.3, -0.25) is 9.59 Å². The Balaban J connectivity index is 1.95. The Labute approximate surface area is 124 Å². The molecule has 1 heterocycles. The summed E-state index contributed by atoms with van der Waals surface area (Å²) in [5.74, 6) is -0.361. The molecule has 0 spiro atoms. The monoisotopic (exact) mass is 318 g/mol. The van der Waals surface area contributed by atoms with E-state index in [2.05, 4.69) is 5.32 Å². The van der Waals surface area contributed by atoms with Gasteiger partial charge in [0, 0.05) is 18.8 Å². The number of aliphatic hydroxyl groups is 1. The van der Waals surface area contributed by atoms with Crippen molar-refractivity contribution in [2.75, 3.05) is 6.54 Å². The number of hydrogen-bond acceptors (Lipinski definition) is 3. The van der Waals surface area contributed by atoms with Crippen molar-refractivity contribution in [1.82, 2.24) is 9.88 Å². The Morgan fingerprint density at radius 1 is 1.36 bits per heavy atom. The Bertz CT molecular complexity index is 598. The molecule has 22 heavy (non-hydrogen) atoms. The molecular weight excluding hydrogens is 301 g/mol. The first kappa shape index (κ1) is 16.5. The molecule has 0 saturated heterocycles. The lowest BCUT2D eigenvalue weighted by Gasteiger charge is -2.13. The number of aromatic nitrogens is 1. The van der Waals surface area contributed by atoms with Crippen molar-refractivity contribution in [1.29, 1.82) is 0 Å². The van der Waals surface area contributed by atoms with E-state index in [1.807, 2.05) is 0 Å². The zero-order valence-electron chi connectivity index (χ0n) is 11.8. The van der Waals surface area contributed by atoms with Crippen LogP contribution in [0.25, 0.3) is 0 Å². The van der Waals surface area contributed by atoms with Crippen molar-refractivity contribution in [3.05, 3.63) is 34.2 Å². The molecule has 1 fully saturated rings. The normalized spacial score (nSPS) is 21.8. The summed E-state index contributed by atoms with van der Waals surface area (Å²) in [5, 5.41) is 12.0. The number of carbonyl (C=O) groups excluding carboxylic acids is 1. The van der Waals surface area contributed by atoms with E-state index < -0.39 is 29.8 Å². The van der Waals surface area contributed by atoms with E-state index in [-0.39, 0.29) is 12.0 Å². The molecule has 0 bridgehead atoms. The van der Waals surface area contributed by atoms with Crippen LogP contribution in [0, 0.1) is 5.92 Å². The Morgan fingerprint density at radius 2 is 2.09 bits per heavy atom. The summed E-state index contributed by atoms with van der Waals surface area (Å²) in [5.41, 5.74) is -1.64. The van der Waals surface area contributed by atoms with Crippen LogP contribution in [0.5, 0.6) is 0 Å². The lowest BCUT2D eigenvalue weighted by Crippen LogP contribution is -2.34. The molecule has 1 aliphatic carbocycles. The second kappa shape index (κ2) is 6.51. The molecule has 1 aliphatic rings. The second-order valence-electron chi connectivity index (χ2n) is 5.52. The Kier molecular flexibility index (Phi) is 4.90. The maximum atomic E-state index is 12.6. The summed E-state index contributed by atoms with van der Waals surface area (Å²) in [7, 11) is 0. The number of alkyl halides is 3. The van der Waals surface area contributed by atoms with Crippen LogP contribution in [-0.4, -0.2) is 28.2 Å². The minimum Gasteiger partial charge on any atom is -0.393 e. The first-order chi connectivity index (χ1) is 10.3. The number of pyridine rings is 1. The summed E-state index contributed by atoms with van der Waals surface area (Å²) in [6.45, 7) is -0.109. The average molecular weight is 318 g/mol. The second-order valence-corrected chi connectivity index (χ2v) is 5.52. The van der Waals surface area contributed by atoms with Crippen LogP contribution in [0.1, 0.15) is 24.8 Å². The molecule has 0 aliphatic heterocycles. The van der Waals surface area contributed by atoms with Crippen molar-refractivity contribution in [3.8, 4) is 0 Å². The van der Waals surface area contributed by atoms with Crippen LogP contribution in [0.2, 0.25) is 0 Å². The molecule has 0 radical (unpaired) electrons. The fourth-order valence-electron chi connectivity index (χ4n) is 2.53. The molecule has 1 aromatic heterocycles. The van der Waals surface area contributed by atoms with E-state index >= 15 is 0 Å². The lowest BCUT2D eigenvalue weighted by atomic mass is 10.1. The third-order valence-electron chi connectivity index (χ3n) is 3.73. The topological polar surface area (TPSA) is 71.3 Å². The van der Waals surface area contributed by atoms with Crippen LogP contribution < -0.4 is 10.9 Å². The Hall–Kier alpha value is -1.83. The highest BCUT2D eigenvalue weighted by molar-refractivity contribution is 5.75. The van der Waals surface area contributed by atoms with Gasteiger partial charge in [0.2, 0.25) is 5.91 Å². The molecule has 122 valence electrons. The number of carbonyl (C=O) groups is 1. The average Bonchev–Trinajstić information content (AvgIpc) is 2.83. The minimum atomic E-state index is -4.56. The van der Waals surface area contributed by atoms with Gasteiger partial charge in [-0.2, -0.15) is 13.2 Å². The number of nitrogens with zero attached hydrogens (tertiary/aromatic N) is 1. The lowest BCUT2D eigenvalue weighted by molar-refractivity contribution is -0.138. The van der Waals surface area contributed by atoms with E-state index in [4.69, 9.17) is 0 Å². The van der Waals surface area contributed by atoms with Gasteiger partial charge in [-0.1, -0.05) is 0 Å². The van der Waals surface area contributed by atoms with Gasteiger partial charge in [0.25, 0.3) is 5.56 Å². The molecule has 0 unspecified atom stereocenters. The molecule has 1 amide bonds. The molecule has 2 atom stereocenters. The number of aliphatic hydroxyl groups excluding tert-OH is 1. The number of nitrogens with one attached hydrogen (secondary N) is 1. The zero-order chi connectivity index (χ0) is 16.3. The third kappa shape index (κ3) is 4.33. The van der Waals surface area contributed by atoms with Crippen LogP contribution in [-0.2, 0) is 17.5 Å². The highest BCUT2D eigenvalue weighted by atomic mass is 19.4. The summed E-state index contributed by atoms with van der Waals surface area (Å²) >= 11 is 0. The SMILES string of the molecule is O=C(Cn1cc(C(F)(F)F)ccc1=O)NC[C@H]1CC[C@@H](O)C1. The molecule has 2 rings (SSSR count). The van der Waals surface area contributed by atoms with E-state index in [9.17, 15) is 27.9 Å². The van der Waals surface area contributed by atoms with Gasteiger partial charge in [0.1, 0.15) is 6.54 Å². The number of hydrogen-bond donors (Lipinski definition) is 2. The van der Waals surface area contributed by atoms with Gasteiger partial charge in [-0.05, 0) is 31.2 Å². The van der Waals surface area contributed by atoms with Crippen molar-refractivity contribution in [2.24, 2.45) is 5.92 Å². The van der Waals surface area contributed by atoms with Crippen molar-refractivity contribution in [2.45, 2.75) is 38.1 Å². The van der Waals surface area contributed by atoms with Crippen LogP contribution in [0.4, 0.5) is 13.2 Å². The largest absolute Gasteiger partial charge is 0.417 e. The number of halogens is 3. The Morgan fingerprint density at radius 3 is 2.68 bits per heavy atom. The summed E-state index contributed by atoms with van der Waals surface area (Å²) in [6.07, 6.45) is -2.19.